The third kappa shape index (κ3) is 3.90. The summed E-state index contributed by atoms with van der Waals surface area (Å²) < 4.78 is 5.35. The maximum Gasteiger partial charge on any atom is 0.408 e. The summed E-state index contributed by atoms with van der Waals surface area (Å²) in [5.41, 5.74) is -0.0166. The van der Waals surface area contributed by atoms with E-state index in [2.05, 4.69) is 15.6 Å². The first-order valence-electron chi connectivity index (χ1n) is 8.52. The highest BCUT2D eigenvalue weighted by Gasteiger charge is 2.44. The van der Waals surface area contributed by atoms with Crippen molar-refractivity contribution in [1.82, 2.24) is 15.6 Å². The van der Waals surface area contributed by atoms with Crippen LogP contribution in [0.2, 0.25) is 5.15 Å². The van der Waals surface area contributed by atoms with E-state index in [1.165, 1.54) is 0 Å². The first-order valence-corrected chi connectivity index (χ1v) is 8.90. The summed E-state index contributed by atoms with van der Waals surface area (Å²) in [4.78, 5) is 29.2. The fraction of sp³-hybridized carbons (Fsp3) is 0.421. The Kier molecular flexibility index (Phi) is 4.80. The molecule has 1 aromatic carbocycles. The van der Waals surface area contributed by atoms with Crippen LogP contribution in [0.4, 0.5) is 4.79 Å². The second-order valence-electron chi connectivity index (χ2n) is 7.51. The molecule has 26 heavy (non-hydrogen) atoms. The van der Waals surface area contributed by atoms with E-state index in [0.717, 1.165) is 16.5 Å². The molecule has 2 aromatic rings. The van der Waals surface area contributed by atoms with E-state index in [1.807, 2.05) is 24.3 Å². The molecule has 0 radical (unpaired) electrons. The van der Waals surface area contributed by atoms with Gasteiger partial charge in [0.05, 0.1) is 5.52 Å². The molecule has 0 spiro atoms. The van der Waals surface area contributed by atoms with E-state index in [-0.39, 0.29) is 5.91 Å². The Morgan fingerprint density at radius 2 is 2.12 bits per heavy atom. The molecule has 2 heterocycles. The quantitative estimate of drug-likeness (QED) is 0.807. The molecule has 1 aliphatic rings. The fourth-order valence-electron chi connectivity index (χ4n) is 3.18. The minimum absolute atomic E-state index is 0.206. The molecule has 0 bridgehead atoms. The minimum Gasteiger partial charge on any atom is -0.444 e. The number of ether oxygens (including phenoxy) is 1. The number of alkyl carbamates (subject to hydrolysis) is 1. The molecule has 1 saturated heterocycles. The predicted octanol–water partition coefficient (Wildman–Crippen LogP) is 3.21. The second-order valence-corrected chi connectivity index (χ2v) is 7.90. The topological polar surface area (TPSA) is 80.3 Å². The highest BCUT2D eigenvalue weighted by atomic mass is 35.5. The van der Waals surface area contributed by atoms with Gasteiger partial charge in [0.25, 0.3) is 0 Å². The third-order valence-corrected chi connectivity index (χ3v) is 4.50. The lowest BCUT2D eigenvalue weighted by molar-refractivity contribution is -0.124. The largest absolute Gasteiger partial charge is 0.444 e. The Bertz CT molecular complexity index is 863. The maximum absolute atomic E-state index is 12.6. The number of carbonyl (C=O) groups excluding carboxylic acids is 2. The van der Waals surface area contributed by atoms with Gasteiger partial charge in [0, 0.05) is 18.4 Å². The molecule has 2 N–H and O–H groups in total. The molecule has 6 nitrogen and oxygen atoms in total. The van der Waals surface area contributed by atoms with E-state index >= 15 is 0 Å². The SMILES string of the molecule is CC(C)(C)OC(=O)N[C@@]1(Cc2cccc3nc(Cl)ccc23)CCNC1=O. The summed E-state index contributed by atoms with van der Waals surface area (Å²) in [6.07, 6.45) is 0.234. The average Bonchev–Trinajstić information content (AvgIpc) is 2.85. The van der Waals surface area contributed by atoms with Crippen LogP contribution in [0.1, 0.15) is 32.8 Å². The number of rotatable bonds is 3. The first-order chi connectivity index (χ1) is 12.2. The van der Waals surface area contributed by atoms with Crippen molar-refractivity contribution < 1.29 is 14.3 Å². The van der Waals surface area contributed by atoms with Crippen LogP contribution in [-0.4, -0.2) is 34.7 Å². The molecule has 2 amide bonds. The van der Waals surface area contributed by atoms with Gasteiger partial charge in [-0.1, -0.05) is 23.7 Å². The number of halogens is 1. The predicted molar refractivity (Wildman–Crippen MR) is 100 cm³/mol. The van der Waals surface area contributed by atoms with Gasteiger partial charge in [-0.05, 0) is 51.0 Å². The molecule has 0 aliphatic carbocycles. The third-order valence-electron chi connectivity index (χ3n) is 4.29. The highest BCUT2D eigenvalue weighted by molar-refractivity contribution is 6.29. The number of hydrogen-bond donors (Lipinski definition) is 2. The van der Waals surface area contributed by atoms with Gasteiger partial charge in [-0.15, -0.1) is 0 Å². The number of benzene rings is 1. The zero-order chi connectivity index (χ0) is 18.9. The van der Waals surface area contributed by atoms with Crippen LogP contribution in [-0.2, 0) is 16.0 Å². The molecule has 3 rings (SSSR count). The Hall–Kier alpha value is -2.34. The van der Waals surface area contributed by atoms with Crippen molar-refractivity contribution in [3.8, 4) is 0 Å². The second kappa shape index (κ2) is 6.76. The number of amides is 2. The smallest absolute Gasteiger partial charge is 0.408 e. The molecule has 1 aromatic heterocycles. The Morgan fingerprint density at radius 1 is 1.35 bits per heavy atom. The summed E-state index contributed by atoms with van der Waals surface area (Å²) in [6, 6.07) is 9.27. The first kappa shape index (κ1) is 18.5. The van der Waals surface area contributed by atoms with E-state index in [1.54, 1.807) is 26.8 Å². The molecule has 0 unspecified atom stereocenters. The van der Waals surface area contributed by atoms with Crippen molar-refractivity contribution in [2.45, 2.75) is 44.8 Å². The fourth-order valence-corrected chi connectivity index (χ4v) is 3.33. The minimum atomic E-state index is -1.05. The van der Waals surface area contributed by atoms with Crippen molar-refractivity contribution in [3.05, 3.63) is 41.0 Å². The lowest BCUT2D eigenvalue weighted by Crippen LogP contribution is -2.56. The number of nitrogens with one attached hydrogen (secondary N) is 2. The zero-order valence-corrected chi connectivity index (χ0v) is 15.8. The standard InChI is InChI=1S/C19H22ClN3O3/c1-18(2,3)26-17(25)23-19(9-10-21-16(19)24)11-12-5-4-6-14-13(12)7-8-15(20)22-14/h4-8H,9-11H2,1-3H3,(H,21,24)(H,23,25)/t19-/m1/s1. The van der Waals surface area contributed by atoms with Gasteiger partial charge in [-0.3, -0.25) is 4.79 Å². The average molecular weight is 376 g/mol. The van der Waals surface area contributed by atoms with Crippen molar-refractivity contribution in [2.24, 2.45) is 0 Å². The highest BCUT2D eigenvalue weighted by Crippen LogP contribution is 2.27. The van der Waals surface area contributed by atoms with Crippen LogP contribution in [0.25, 0.3) is 10.9 Å². The molecular weight excluding hydrogens is 354 g/mol. The Balaban J connectivity index is 1.93. The van der Waals surface area contributed by atoms with Gasteiger partial charge in [-0.25, -0.2) is 9.78 Å². The van der Waals surface area contributed by atoms with Gasteiger partial charge in [0.15, 0.2) is 0 Å². The number of pyridine rings is 1. The number of hydrogen-bond acceptors (Lipinski definition) is 4. The molecule has 1 aliphatic heterocycles. The summed E-state index contributed by atoms with van der Waals surface area (Å²) in [5, 5.41) is 6.93. The molecule has 7 heteroatoms. The van der Waals surface area contributed by atoms with E-state index < -0.39 is 17.2 Å². The molecule has 0 saturated carbocycles. The molecular formula is C19H22ClN3O3. The number of nitrogens with zero attached hydrogens (tertiary/aromatic N) is 1. The summed E-state index contributed by atoms with van der Waals surface area (Å²) >= 11 is 5.97. The van der Waals surface area contributed by atoms with Gasteiger partial charge < -0.3 is 15.4 Å². The van der Waals surface area contributed by atoms with Crippen LogP contribution in [0.5, 0.6) is 0 Å². The number of carbonyl (C=O) groups is 2. The van der Waals surface area contributed by atoms with Gasteiger partial charge in [0.2, 0.25) is 5.91 Å². The lowest BCUT2D eigenvalue weighted by atomic mass is 9.87. The van der Waals surface area contributed by atoms with Gasteiger partial charge in [-0.2, -0.15) is 0 Å². The zero-order valence-electron chi connectivity index (χ0n) is 15.1. The van der Waals surface area contributed by atoms with Crippen LogP contribution >= 0.6 is 11.6 Å². The van der Waals surface area contributed by atoms with Gasteiger partial charge >= 0.3 is 6.09 Å². The van der Waals surface area contributed by atoms with Crippen LogP contribution in [0.3, 0.4) is 0 Å². The van der Waals surface area contributed by atoms with Crippen LogP contribution in [0.15, 0.2) is 30.3 Å². The number of aromatic nitrogens is 1. The number of fused-ring (bicyclic) bond motifs is 1. The van der Waals surface area contributed by atoms with Crippen LogP contribution < -0.4 is 10.6 Å². The Labute approximate surface area is 157 Å². The lowest BCUT2D eigenvalue weighted by Gasteiger charge is -2.30. The van der Waals surface area contributed by atoms with Crippen LogP contribution in [0, 0.1) is 0 Å². The van der Waals surface area contributed by atoms with E-state index in [0.29, 0.717) is 24.5 Å². The normalized spacial score (nSPS) is 20.1. The Morgan fingerprint density at radius 3 is 2.77 bits per heavy atom. The maximum atomic E-state index is 12.6. The van der Waals surface area contributed by atoms with E-state index in [9.17, 15) is 9.59 Å². The summed E-state index contributed by atoms with van der Waals surface area (Å²) in [7, 11) is 0. The van der Waals surface area contributed by atoms with E-state index in [4.69, 9.17) is 16.3 Å². The summed E-state index contributed by atoms with van der Waals surface area (Å²) in [6.45, 7) is 5.86. The van der Waals surface area contributed by atoms with Crippen molar-refractivity contribution in [3.63, 3.8) is 0 Å². The molecule has 1 fully saturated rings. The van der Waals surface area contributed by atoms with Gasteiger partial charge in [0.1, 0.15) is 16.3 Å². The van der Waals surface area contributed by atoms with Crippen molar-refractivity contribution >= 4 is 34.5 Å². The van der Waals surface area contributed by atoms with Crippen molar-refractivity contribution in [1.29, 1.82) is 0 Å². The summed E-state index contributed by atoms with van der Waals surface area (Å²) in [5.74, 6) is -0.206. The monoisotopic (exact) mass is 375 g/mol. The molecule has 1 atom stereocenters. The van der Waals surface area contributed by atoms with Crippen molar-refractivity contribution in [2.75, 3.05) is 6.54 Å². The molecule has 138 valence electrons.